The van der Waals surface area contributed by atoms with Crippen LogP contribution in [0.5, 0.6) is 0 Å². The van der Waals surface area contributed by atoms with Gasteiger partial charge in [0.25, 0.3) is 0 Å². The predicted molar refractivity (Wildman–Crippen MR) is 80.6 cm³/mol. The van der Waals surface area contributed by atoms with E-state index in [1.165, 1.54) is 20.0 Å². The van der Waals surface area contributed by atoms with Crippen LogP contribution >= 0.6 is 9.24 Å². The zero-order valence-corrected chi connectivity index (χ0v) is 17.4. The van der Waals surface area contributed by atoms with Crippen molar-refractivity contribution in [2.75, 3.05) is 6.16 Å². The van der Waals surface area contributed by atoms with E-state index in [0.717, 1.165) is 0 Å². The maximum Gasteiger partial charge on any atom is 0.126 e. The molecule has 0 spiro atoms. The molecule has 4 radical (unpaired) electrons. The van der Waals surface area contributed by atoms with Gasteiger partial charge >= 0.3 is 0 Å². The molecule has 18 heavy (non-hydrogen) atoms. The summed E-state index contributed by atoms with van der Waals surface area (Å²) >= 11 is 0. The fraction of sp³-hybridized carbons (Fsp3) is 0.308. The van der Waals surface area contributed by atoms with Crippen LogP contribution in [0.15, 0.2) is 36.4 Å². The van der Waals surface area contributed by atoms with E-state index in [4.69, 9.17) is 0 Å². The van der Waals surface area contributed by atoms with Gasteiger partial charge in [-0.25, -0.2) is 0 Å². The Balaban J connectivity index is -0.0000000273. The van der Waals surface area contributed by atoms with Gasteiger partial charge in [0.05, 0.1) is 0 Å². The van der Waals surface area contributed by atoms with E-state index in [0.29, 0.717) is 0 Å². The van der Waals surface area contributed by atoms with E-state index in [-0.39, 0.29) is 64.5 Å². The van der Waals surface area contributed by atoms with E-state index >= 15 is 0 Å². The van der Waals surface area contributed by atoms with E-state index in [1.807, 2.05) is 36.4 Å². The minimum absolute atomic E-state index is 0. The molecule has 0 saturated carbocycles. The summed E-state index contributed by atoms with van der Waals surface area (Å²) in [4.78, 5) is 9.44. The number of carbonyl (C=O) groups excluding carboxylic acids is 1. The summed E-state index contributed by atoms with van der Waals surface area (Å²) in [7, 11) is 6.83. The molecule has 1 atom stereocenters. The van der Waals surface area contributed by atoms with Gasteiger partial charge < -0.3 is 19.0 Å². The summed E-state index contributed by atoms with van der Waals surface area (Å²) < 4.78 is 0. The van der Waals surface area contributed by atoms with Crippen LogP contribution in [0.2, 0.25) is 0 Å². The quantitative estimate of drug-likeness (QED) is 0.384. The number of ketones is 1. The van der Waals surface area contributed by atoms with Gasteiger partial charge in [0.1, 0.15) is 5.78 Å². The van der Waals surface area contributed by atoms with Crippen molar-refractivity contribution in [3.05, 3.63) is 50.6 Å². The molecule has 0 aliphatic heterocycles. The van der Waals surface area contributed by atoms with Gasteiger partial charge in [0.15, 0.2) is 0 Å². The van der Waals surface area contributed by atoms with Gasteiger partial charge in [-0.1, -0.05) is 43.3 Å². The molecule has 0 aliphatic rings. The Bertz CT molecular complexity index is 171. The van der Waals surface area contributed by atoms with Crippen LogP contribution in [0.1, 0.15) is 20.8 Å². The molecule has 0 fully saturated rings. The third kappa shape index (κ3) is 88.2. The average Bonchev–Trinajstić information content (AvgIpc) is 2.24. The summed E-state index contributed by atoms with van der Waals surface area (Å²) in [6, 6.07) is 12.0. The molecule has 0 saturated heterocycles. The molecule has 0 N–H and O–H groups in total. The standard InChI is InChI=1S/C6H6.C3H6O.C2H7P.CH2B.CH3.V.Y/c1-2-4-6-5-3-1;1-3(2)4;1-2-3;1-2;;;/h1-6H;1-2H3;2-3H2,1H3;1H2;1H3;;/q;;;2*-1;;. The molecule has 100 valence electrons. The summed E-state index contributed by atoms with van der Waals surface area (Å²) in [6.45, 7) is 7.89. The van der Waals surface area contributed by atoms with Crippen molar-refractivity contribution < 1.29 is 56.1 Å². The van der Waals surface area contributed by atoms with Gasteiger partial charge in [-0.3, -0.25) is 0 Å². The molecular weight excluding hydrogens is 354 g/mol. The first-order valence-corrected chi connectivity index (χ1v) is 5.54. The van der Waals surface area contributed by atoms with Gasteiger partial charge in [-0.15, -0.1) is 9.24 Å². The van der Waals surface area contributed by atoms with Crippen molar-refractivity contribution in [1.29, 1.82) is 0 Å². The molecule has 5 heteroatoms. The Labute approximate surface area is 155 Å². The van der Waals surface area contributed by atoms with Crippen LogP contribution in [-0.4, -0.2) is 19.8 Å². The smallest absolute Gasteiger partial charge is 0.126 e. The Morgan fingerprint density at radius 2 is 1.11 bits per heavy atom. The first-order valence-electron chi connectivity index (χ1n) is 4.73. The normalized spacial score (nSPS) is 5.39. The first kappa shape index (κ1) is 36.5. The average molecular weight is 378 g/mol. The number of benzene rings is 1. The minimum atomic E-state index is 0. The summed E-state index contributed by atoms with van der Waals surface area (Å²) in [6.07, 6.45) is 1.17. The SMILES string of the molecule is CC(C)=O.CCP.[B][CH2-].[CH3-].[V].[Y].c1ccccc1. The van der Waals surface area contributed by atoms with Crippen LogP contribution < -0.4 is 0 Å². The van der Waals surface area contributed by atoms with E-state index in [9.17, 15) is 4.79 Å². The van der Waals surface area contributed by atoms with Crippen LogP contribution in [0, 0.1) is 14.2 Å². The van der Waals surface area contributed by atoms with Crippen molar-refractivity contribution in [3.8, 4) is 0 Å². The Kier molecular flexibility index (Phi) is 87.0. The molecule has 1 aromatic rings. The Morgan fingerprint density at radius 1 is 1.06 bits per heavy atom. The van der Waals surface area contributed by atoms with Crippen molar-refractivity contribution in [2.45, 2.75) is 20.8 Å². The molecule has 0 aliphatic carbocycles. The zero-order valence-electron chi connectivity index (χ0n) is 12.0. The molecule has 0 aromatic heterocycles. The maximum atomic E-state index is 9.44. The third-order valence-corrected chi connectivity index (χ3v) is 0.667. The number of Topliss-reactive ketones (excluding diaryl/α,β-unsaturated/α-hetero) is 1. The van der Waals surface area contributed by atoms with E-state index < -0.39 is 0 Å². The molecule has 1 unspecified atom stereocenters. The zero-order chi connectivity index (χ0) is 12.5. The summed E-state index contributed by atoms with van der Waals surface area (Å²) in [5, 5.41) is 0. The Morgan fingerprint density at radius 3 is 1.17 bits per heavy atom. The number of carbonyl (C=O) groups is 1. The van der Waals surface area contributed by atoms with Crippen molar-refractivity contribution in [3.63, 3.8) is 0 Å². The van der Waals surface area contributed by atoms with Crippen LogP contribution in [0.4, 0.5) is 0 Å². The number of rotatable bonds is 0. The van der Waals surface area contributed by atoms with Crippen molar-refractivity contribution in [1.82, 2.24) is 0 Å². The minimum Gasteiger partial charge on any atom is -0.382 e. The second-order valence-corrected chi connectivity index (χ2v) is 3.29. The van der Waals surface area contributed by atoms with Crippen molar-refractivity contribution >= 4 is 22.9 Å². The second kappa shape index (κ2) is 43.0. The third-order valence-electron chi connectivity index (χ3n) is 0.667. The molecular formula is C13H24BOPVY-2. The maximum absolute atomic E-state index is 9.44. The molecule has 1 nitrogen and oxygen atoms in total. The fourth-order valence-electron chi connectivity index (χ4n) is 0.385. The first-order chi connectivity index (χ1) is 7.15. The molecule has 0 bridgehead atoms. The van der Waals surface area contributed by atoms with Gasteiger partial charge in [-0.2, -0.15) is 7.85 Å². The predicted octanol–water partition coefficient (Wildman–Crippen LogP) is 3.56. The fourth-order valence-corrected chi connectivity index (χ4v) is 0.385. The molecule has 1 rings (SSSR count). The van der Waals surface area contributed by atoms with E-state index in [2.05, 4.69) is 30.8 Å². The van der Waals surface area contributed by atoms with E-state index in [1.54, 1.807) is 0 Å². The molecule has 0 heterocycles. The second-order valence-electron chi connectivity index (χ2n) is 2.47. The van der Waals surface area contributed by atoms with Gasteiger partial charge in [-0.05, 0) is 20.0 Å². The Hall–Kier alpha value is 1.07. The number of hydrogen-bond donors (Lipinski definition) is 0. The largest absolute Gasteiger partial charge is 0.382 e. The molecule has 0 amide bonds. The van der Waals surface area contributed by atoms with Crippen molar-refractivity contribution in [2.24, 2.45) is 0 Å². The summed E-state index contributed by atoms with van der Waals surface area (Å²) in [5.74, 6) is 0.167. The number of hydrogen-bond acceptors (Lipinski definition) is 1. The van der Waals surface area contributed by atoms with Gasteiger partial charge in [0, 0.05) is 51.3 Å². The monoisotopic (exact) mass is 378 g/mol. The molecule has 1 aromatic carbocycles. The topological polar surface area (TPSA) is 17.1 Å². The van der Waals surface area contributed by atoms with Gasteiger partial charge in [0.2, 0.25) is 0 Å². The van der Waals surface area contributed by atoms with Crippen LogP contribution in [-0.2, 0) is 56.1 Å². The van der Waals surface area contributed by atoms with Crippen LogP contribution in [0.3, 0.4) is 0 Å². The summed E-state index contributed by atoms with van der Waals surface area (Å²) in [5.41, 5.74) is 0. The van der Waals surface area contributed by atoms with Crippen LogP contribution in [0.25, 0.3) is 0 Å².